The van der Waals surface area contributed by atoms with Crippen LogP contribution >= 0.6 is 12.4 Å². The van der Waals surface area contributed by atoms with E-state index >= 15 is 0 Å². The molecular formula is C8H9ClN2O. The van der Waals surface area contributed by atoms with Crippen molar-refractivity contribution in [2.24, 2.45) is 5.90 Å². The van der Waals surface area contributed by atoms with Crippen molar-refractivity contribution in [1.82, 2.24) is 4.98 Å². The van der Waals surface area contributed by atoms with Gasteiger partial charge in [0.05, 0.1) is 0 Å². The number of hydrogen-bond donors (Lipinski definition) is 1. The molecule has 1 rings (SSSR count). The fourth-order valence-electron chi connectivity index (χ4n) is 0.745. The number of rotatable bonds is 2. The molecule has 1 heterocycles. The third-order valence-electron chi connectivity index (χ3n) is 1.27. The summed E-state index contributed by atoms with van der Waals surface area (Å²) in [5.41, 5.74) is 0.789. The van der Waals surface area contributed by atoms with Gasteiger partial charge in [0.2, 0.25) is 0 Å². The van der Waals surface area contributed by atoms with E-state index in [0.717, 1.165) is 5.56 Å². The Balaban J connectivity index is 0.00000121. The summed E-state index contributed by atoms with van der Waals surface area (Å²) in [5.74, 6) is 7.33. The maximum Gasteiger partial charge on any atom is 0.165 e. The zero-order valence-corrected chi connectivity index (χ0v) is 7.12. The lowest BCUT2D eigenvalue weighted by Gasteiger charge is -2.05. The smallest absolute Gasteiger partial charge is 0.165 e. The molecular weight excluding hydrogens is 176 g/mol. The highest BCUT2D eigenvalue weighted by molar-refractivity contribution is 5.85. The van der Waals surface area contributed by atoms with E-state index in [2.05, 4.69) is 15.7 Å². The zero-order valence-electron chi connectivity index (χ0n) is 6.31. The number of pyridine rings is 1. The number of hydrogen-bond acceptors (Lipinski definition) is 3. The van der Waals surface area contributed by atoms with Crippen LogP contribution in [0.5, 0.6) is 0 Å². The molecule has 1 aromatic rings. The fraction of sp³-hybridized carbons (Fsp3) is 0.125. The van der Waals surface area contributed by atoms with Crippen molar-refractivity contribution in [2.45, 2.75) is 6.10 Å². The van der Waals surface area contributed by atoms with Crippen LogP contribution in [0.25, 0.3) is 0 Å². The lowest BCUT2D eigenvalue weighted by Crippen LogP contribution is -2.06. The maximum atomic E-state index is 5.13. The molecule has 12 heavy (non-hydrogen) atoms. The summed E-state index contributed by atoms with van der Waals surface area (Å²) in [4.78, 5) is 8.38. The molecule has 1 atom stereocenters. The molecule has 0 fully saturated rings. The Morgan fingerprint density at radius 2 is 2.42 bits per heavy atom. The van der Waals surface area contributed by atoms with Gasteiger partial charge in [-0.2, -0.15) is 0 Å². The van der Waals surface area contributed by atoms with Crippen LogP contribution in [-0.2, 0) is 4.84 Å². The molecule has 3 nitrogen and oxygen atoms in total. The standard InChI is InChI=1S/C8H8N2O.ClH/c1-2-8(11-9)7-4-3-5-10-6-7;/h1,3-6,8H,9H2;1H. The highest BCUT2D eigenvalue weighted by Gasteiger charge is 2.05. The van der Waals surface area contributed by atoms with E-state index in [1.165, 1.54) is 0 Å². The number of terminal acetylenes is 1. The van der Waals surface area contributed by atoms with Gasteiger partial charge in [0, 0.05) is 18.0 Å². The van der Waals surface area contributed by atoms with Gasteiger partial charge in [-0.25, -0.2) is 5.90 Å². The Kier molecular flexibility index (Phi) is 5.06. The van der Waals surface area contributed by atoms with E-state index in [4.69, 9.17) is 12.3 Å². The van der Waals surface area contributed by atoms with Gasteiger partial charge in [-0.15, -0.1) is 18.8 Å². The van der Waals surface area contributed by atoms with Crippen molar-refractivity contribution in [1.29, 1.82) is 0 Å². The molecule has 0 aliphatic rings. The van der Waals surface area contributed by atoms with Gasteiger partial charge in [0.25, 0.3) is 0 Å². The van der Waals surface area contributed by atoms with Crippen LogP contribution < -0.4 is 5.90 Å². The van der Waals surface area contributed by atoms with Crippen LogP contribution in [0.1, 0.15) is 11.7 Å². The molecule has 0 amide bonds. The molecule has 0 aliphatic heterocycles. The van der Waals surface area contributed by atoms with Crippen molar-refractivity contribution in [3.63, 3.8) is 0 Å². The van der Waals surface area contributed by atoms with E-state index in [-0.39, 0.29) is 12.4 Å². The molecule has 1 unspecified atom stereocenters. The molecule has 0 saturated heterocycles. The molecule has 0 bridgehead atoms. The summed E-state index contributed by atoms with van der Waals surface area (Å²) >= 11 is 0. The molecule has 0 aromatic carbocycles. The first kappa shape index (κ1) is 10.9. The SMILES string of the molecule is C#CC(ON)c1cccnc1.Cl. The number of nitrogens with two attached hydrogens (primary N) is 1. The summed E-state index contributed by atoms with van der Waals surface area (Å²) in [6.07, 6.45) is 7.92. The molecule has 2 N–H and O–H groups in total. The second-order valence-corrected chi connectivity index (χ2v) is 1.97. The second kappa shape index (κ2) is 5.56. The third kappa shape index (κ3) is 2.51. The second-order valence-electron chi connectivity index (χ2n) is 1.97. The van der Waals surface area contributed by atoms with Crippen molar-refractivity contribution >= 4 is 12.4 Å². The Bertz CT molecular complexity index is 258. The van der Waals surface area contributed by atoms with E-state index in [1.54, 1.807) is 18.5 Å². The fourth-order valence-corrected chi connectivity index (χ4v) is 0.745. The van der Waals surface area contributed by atoms with Gasteiger partial charge in [-0.05, 0) is 6.07 Å². The van der Waals surface area contributed by atoms with Crippen LogP contribution in [0.4, 0.5) is 0 Å². The topological polar surface area (TPSA) is 48.1 Å². The average Bonchev–Trinajstić information content (AvgIpc) is 2.09. The Morgan fingerprint density at radius 1 is 1.67 bits per heavy atom. The minimum Gasteiger partial charge on any atom is -0.283 e. The van der Waals surface area contributed by atoms with Crippen molar-refractivity contribution in [3.8, 4) is 12.3 Å². The monoisotopic (exact) mass is 184 g/mol. The number of halogens is 1. The predicted octanol–water partition coefficient (Wildman–Crippen LogP) is 1.07. The van der Waals surface area contributed by atoms with Crippen molar-refractivity contribution in [3.05, 3.63) is 30.1 Å². The highest BCUT2D eigenvalue weighted by atomic mass is 35.5. The van der Waals surface area contributed by atoms with Gasteiger partial charge in [0.1, 0.15) is 0 Å². The largest absolute Gasteiger partial charge is 0.283 e. The van der Waals surface area contributed by atoms with Gasteiger partial charge < -0.3 is 0 Å². The molecule has 64 valence electrons. The third-order valence-corrected chi connectivity index (χ3v) is 1.27. The maximum absolute atomic E-state index is 5.13. The van der Waals surface area contributed by atoms with Gasteiger partial charge in [-0.1, -0.05) is 12.0 Å². The first-order valence-electron chi connectivity index (χ1n) is 3.10. The lowest BCUT2D eigenvalue weighted by atomic mass is 10.2. The predicted molar refractivity (Wildman–Crippen MR) is 48.3 cm³/mol. The first-order valence-corrected chi connectivity index (χ1v) is 3.10. The molecule has 0 aliphatic carbocycles. The van der Waals surface area contributed by atoms with Crippen molar-refractivity contribution < 1.29 is 4.84 Å². The van der Waals surface area contributed by atoms with Crippen LogP contribution in [-0.4, -0.2) is 4.98 Å². The van der Waals surface area contributed by atoms with E-state index in [0.29, 0.717) is 0 Å². The normalized spacial score (nSPS) is 11.0. The van der Waals surface area contributed by atoms with Gasteiger partial charge >= 0.3 is 0 Å². The summed E-state index contributed by atoms with van der Waals surface area (Å²) in [6.45, 7) is 0. The first-order chi connectivity index (χ1) is 5.38. The Hall–Kier alpha value is -1.08. The van der Waals surface area contributed by atoms with E-state index in [1.807, 2.05) is 6.07 Å². The summed E-state index contributed by atoms with van der Waals surface area (Å²) < 4.78 is 0. The molecule has 4 heteroatoms. The highest BCUT2D eigenvalue weighted by Crippen LogP contribution is 2.11. The Morgan fingerprint density at radius 3 is 2.83 bits per heavy atom. The average molecular weight is 185 g/mol. The molecule has 0 spiro atoms. The summed E-state index contributed by atoms with van der Waals surface area (Å²) in [7, 11) is 0. The minimum absolute atomic E-state index is 0. The number of nitrogens with zero attached hydrogens (tertiary/aromatic N) is 1. The molecule has 0 saturated carbocycles. The molecule has 1 aromatic heterocycles. The number of aromatic nitrogens is 1. The van der Waals surface area contributed by atoms with Crippen LogP contribution in [0.2, 0.25) is 0 Å². The van der Waals surface area contributed by atoms with Gasteiger partial charge in [0.15, 0.2) is 6.10 Å². The quantitative estimate of drug-likeness (QED) is 0.553. The zero-order chi connectivity index (χ0) is 8.10. The van der Waals surface area contributed by atoms with Crippen LogP contribution in [0, 0.1) is 12.3 Å². The van der Waals surface area contributed by atoms with E-state index in [9.17, 15) is 0 Å². The van der Waals surface area contributed by atoms with Gasteiger partial charge in [-0.3, -0.25) is 9.82 Å². The lowest BCUT2D eigenvalue weighted by molar-refractivity contribution is 0.0933. The van der Waals surface area contributed by atoms with Crippen LogP contribution in [0.15, 0.2) is 24.5 Å². The summed E-state index contributed by atoms with van der Waals surface area (Å²) in [5, 5.41) is 0. The molecule has 0 radical (unpaired) electrons. The van der Waals surface area contributed by atoms with Crippen molar-refractivity contribution in [2.75, 3.05) is 0 Å². The summed E-state index contributed by atoms with van der Waals surface area (Å²) in [6, 6.07) is 3.59. The minimum atomic E-state index is -0.497. The van der Waals surface area contributed by atoms with Crippen LogP contribution in [0.3, 0.4) is 0 Å². The van der Waals surface area contributed by atoms with E-state index < -0.39 is 6.10 Å². The Labute approximate surface area is 77.3 Å².